The van der Waals surface area contributed by atoms with Crippen LogP contribution in [0, 0.1) is 17.2 Å². The monoisotopic (exact) mass is 411 g/mol. The molecular formula is C24H26FNO4. The first kappa shape index (κ1) is 20.4. The van der Waals surface area contributed by atoms with Crippen molar-refractivity contribution in [3.8, 4) is 16.9 Å². The largest absolute Gasteiger partial charge is 0.492 e. The van der Waals surface area contributed by atoms with Crippen molar-refractivity contribution in [2.45, 2.75) is 32.1 Å². The summed E-state index contributed by atoms with van der Waals surface area (Å²) in [6, 6.07) is 13.5. The number of carboxylic acids is 1. The van der Waals surface area contributed by atoms with Gasteiger partial charge in [-0.25, -0.2) is 4.39 Å². The number of rotatable bonds is 6. The van der Waals surface area contributed by atoms with Crippen LogP contribution < -0.4 is 4.74 Å². The highest BCUT2D eigenvalue weighted by Crippen LogP contribution is 2.35. The van der Waals surface area contributed by atoms with E-state index in [0.717, 1.165) is 36.8 Å². The molecule has 1 saturated heterocycles. The highest BCUT2D eigenvalue weighted by atomic mass is 19.1. The van der Waals surface area contributed by atoms with E-state index in [-0.39, 0.29) is 30.8 Å². The number of amides is 1. The Balaban J connectivity index is 1.40. The number of benzene rings is 2. The van der Waals surface area contributed by atoms with Crippen LogP contribution in [0.25, 0.3) is 11.1 Å². The molecule has 0 spiro atoms. The quantitative estimate of drug-likeness (QED) is 0.767. The average molecular weight is 411 g/mol. The van der Waals surface area contributed by atoms with E-state index in [4.69, 9.17) is 4.74 Å². The lowest BCUT2D eigenvalue weighted by molar-refractivity contribution is -0.150. The van der Waals surface area contributed by atoms with Crippen molar-refractivity contribution in [1.29, 1.82) is 0 Å². The Morgan fingerprint density at radius 3 is 2.23 bits per heavy atom. The molecule has 2 aromatic carbocycles. The van der Waals surface area contributed by atoms with Crippen molar-refractivity contribution in [2.75, 3.05) is 19.7 Å². The third kappa shape index (κ3) is 4.18. The van der Waals surface area contributed by atoms with Gasteiger partial charge in [0.25, 0.3) is 0 Å². The summed E-state index contributed by atoms with van der Waals surface area (Å²) >= 11 is 0. The summed E-state index contributed by atoms with van der Waals surface area (Å²) in [5.41, 5.74) is 0.732. The van der Waals surface area contributed by atoms with Gasteiger partial charge in [0.2, 0.25) is 5.91 Å². The highest BCUT2D eigenvalue weighted by molar-refractivity contribution is 5.82. The van der Waals surface area contributed by atoms with E-state index in [1.807, 2.05) is 12.1 Å². The Kier molecular flexibility index (Phi) is 5.75. The van der Waals surface area contributed by atoms with E-state index in [2.05, 4.69) is 0 Å². The zero-order chi connectivity index (χ0) is 21.1. The number of likely N-dealkylation sites (tertiary alicyclic amines) is 1. The zero-order valence-electron chi connectivity index (χ0n) is 16.9. The second-order valence-corrected chi connectivity index (χ2v) is 8.40. The number of ether oxygens (including phenoxy) is 1. The molecule has 0 bridgehead atoms. The molecule has 2 aliphatic rings. The number of halogens is 1. The first-order chi connectivity index (χ1) is 14.5. The molecule has 30 heavy (non-hydrogen) atoms. The fraction of sp³-hybridized carbons (Fsp3) is 0.417. The number of carboxylic acid groups (broad SMARTS) is 1. The Morgan fingerprint density at radius 1 is 1.03 bits per heavy atom. The molecule has 0 aromatic heterocycles. The van der Waals surface area contributed by atoms with Crippen molar-refractivity contribution < 1.29 is 23.8 Å². The minimum atomic E-state index is -1.08. The van der Waals surface area contributed by atoms with E-state index in [0.29, 0.717) is 18.7 Å². The minimum absolute atomic E-state index is 0.0205. The predicted octanol–water partition coefficient (Wildman–Crippen LogP) is 4.37. The maximum Gasteiger partial charge on any atom is 0.315 e. The van der Waals surface area contributed by atoms with Crippen molar-refractivity contribution in [3.63, 3.8) is 0 Å². The van der Waals surface area contributed by atoms with E-state index < -0.39 is 11.4 Å². The van der Waals surface area contributed by atoms with Gasteiger partial charge in [-0.1, -0.05) is 37.1 Å². The molecule has 1 unspecified atom stereocenters. The third-order valence-electron chi connectivity index (χ3n) is 6.37. The van der Waals surface area contributed by atoms with E-state index in [1.54, 1.807) is 29.2 Å². The molecule has 5 nitrogen and oxygen atoms in total. The Hall–Kier alpha value is -2.89. The van der Waals surface area contributed by atoms with Gasteiger partial charge in [0.15, 0.2) is 0 Å². The number of carbonyl (C=O) groups is 2. The van der Waals surface area contributed by atoms with Crippen molar-refractivity contribution in [2.24, 2.45) is 11.3 Å². The van der Waals surface area contributed by atoms with Gasteiger partial charge in [0.1, 0.15) is 23.6 Å². The van der Waals surface area contributed by atoms with E-state index in [1.165, 1.54) is 12.1 Å². The summed E-state index contributed by atoms with van der Waals surface area (Å²) in [6.45, 7) is 0.687. The Morgan fingerprint density at radius 2 is 1.63 bits per heavy atom. The second kappa shape index (κ2) is 8.46. The fourth-order valence-corrected chi connectivity index (χ4v) is 4.45. The molecule has 6 heteroatoms. The maximum atomic E-state index is 13.1. The number of hydrogen-bond acceptors (Lipinski definition) is 3. The SMILES string of the molecule is O=C(C1CCCC1)N1CCC(COc2ccc(-c3ccc(F)cc3)cc2)(C(=O)O)C1. The summed E-state index contributed by atoms with van der Waals surface area (Å²) in [6.07, 6.45) is 4.36. The molecule has 2 aromatic rings. The van der Waals surface area contributed by atoms with Crippen molar-refractivity contribution >= 4 is 11.9 Å². The van der Waals surface area contributed by atoms with Crippen LogP contribution in [0.1, 0.15) is 32.1 Å². The predicted molar refractivity (Wildman–Crippen MR) is 111 cm³/mol. The topological polar surface area (TPSA) is 66.8 Å². The van der Waals surface area contributed by atoms with E-state index in [9.17, 15) is 19.1 Å². The van der Waals surface area contributed by atoms with Crippen LogP contribution in [0.15, 0.2) is 48.5 Å². The molecule has 158 valence electrons. The first-order valence-electron chi connectivity index (χ1n) is 10.5. The summed E-state index contributed by atoms with van der Waals surface area (Å²) in [7, 11) is 0. The molecule has 4 rings (SSSR count). The maximum absolute atomic E-state index is 13.1. The summed E-state index contributed by atoms with van der Waals surface area (Å²) in [5, 5.41) is 9.87. The minimum Gasteiger partial charge on any atom is -0.492 e. The molecule has 1 atom stereocenters. The Bertz CT molecular complexity index is 906. The van der Waals surface area contributed by atoms with Crippen molar-refractivity contribution in [1.82, 2.24) is 4.90 Å². The summed E-state index contributed by atoms with van der Waals surface area (Å²) in [5.74, 6) is -0.488. The molecule has 1 saturated carbocycles. The van der Waals surface area contributed by atoms with Crippen LogP contribution >= 0.6 is 0 Å². The van der Waals surface area contributed by atoms with Crippen LogP contribution in [0.2, 0.25) is 0 Å². The second-order valence-electron chi connectivity index (χ2n) is 8.40. The smallest absolute Gasteiger partial charge is 0.315 e. The number of aliphatic carboxylic acids is 1. The van der Waals surface area contributed by atoms with Gasteiger partial charge < -0.3 is 14.7 Å². The molecular weight excluding hydrogens is 385 g/mol. The normalized spacial score (nSPS) is 21.7. The molecule has 1 heterocycles. The van der Waals surface area contributed by atoms with Crippen LogP contribution in [0.3, 0.4) is 0 Å². The molecule has 0 radical (unpaired) electrons. The van der Waals surface area contributed by atoms with Crippen molar-refractivity contribution in [3.05, 3.63) is 54.3 Å². The fourth-order valence-electron chi connectivity index (χ4n) is 4.45. The lowest BCUT2D eigenvalue weighted by Crippen LogP contribution is -2.42. The number of carbonyl (C=O) groups excluding carboxylic acids is 1. The van der Waals surface area contributed by atoms with Gasteiger partial charge >= 0.3 is 5.97 Å². The third-order valence-corrected chi connectivity index (χ3v) is 6.37. The van der Waals surface area contributed by atoms with Crippen LogP contribution in [0.4, 0.5) is 4.39 Å². The number of nitrogens with zero attached hydrogens (tertiary/aromatic N) is 1. The van der Waals surface area contributed by atoms with Gasteiger partial charge in [0.05, 0.1) is 0 Å². The molecule has 1 aliphatic carbocycles. The van der Waals surface area contributed by atoms with Crippen LogP contribution in [-0.2, 0) is 9.59 Å². The summed E-state index contributed by atoms with van der Waals surface area (Å²) < 4.78 is 18.9. The van der Waals surface area contributed by atoms with Gasteiger partial charge in [-0.05, 0) is 54.7 Å². The van der Waals surface area contributed by atoms with Crippen LogP contribution in [-0.4, -0.2) is 41.6 Å². The number of hydrogen-bond donors (Lipinski definition) is 1. The van der Waals surface area contributed by atoms with Gasteiger partial charge in [-0.2, -0.15) is 0 Å². The zero-order valence-corrected chi connectivity index (χ0v) is 16.9. The molecule has 1 aliphatic heterocycles. The first-order valence-corrected chi connectivity index (χ1v) is 10.5. The van der Waals surface area contributed by atoms with Gasteiger partial charge in [-0.3, -0.25) is 9.59 Å². The molecule has 1 amide bonds. The Labute approximate surface area is 175 Å². The van der Waals surface area contributed by atoms with Crippen LogP contribution in [0.5, 0.6) is 5.75 Å². The standard InChI is InChI=1S/C24H26FNO4/c25-20-9-5-17(6-10-20)18-7-11-21(12-8-18)30-16-24(23(28)29)13-14-26(15-24)22(27)19-3-1-2-4-19/h5-12,19H,1-4,13-16H2,(H,28,29). The van der Waals surface area contributed by atoms with Gasteiger partial charge in [0, 0.05) is 19.0 Å². The highest BCUT2D eigenvalue weighted by Gasteiger charge is 2.48. The van der Waals surface area contributed by atoms with E-state index >= 15 is 0 Å². The van der Waals surface area contributed by atoms with Gasteiger partial charge in [-0.15, -0.1) is 0 Å². The molecule has 1 N–H and O–H groups in total. The lowest BCUT2D eigenvalue weighted by Gasteiger charge is -2.26. The average Bonchev–Trinajstić information content (AvgIpc) is 3.44. The summed E-state index contributed by atoms with van der Waals surface area (Å²) in [4.78, 5) is 26.5. The lowest BCUT2D eigenvalue weighted by atomic mass is 9.88. The molecule has 2 fully saturated rings.